The van der Waals surface area contributed by atoms with Gasteiger partial charge in [0.2, 0.25) is 0 Å². The molecule has 2 rings (SSSR count). The molecule has 1 aromatic heterocycles. The van der Waals surface area contributed by atoms with Gasteiger partial charge in [-0.3, -0.25) is 0 Å². The van der Waals surface area contributed by atoms with Gasteiger partial charge in [-0.25, -0.2) is 4.39 Å². The van der Waals surface area contributed by atoms with E-state index in [1.807, 2.05) is 6.07 Å². The van der Waals surface area contributed by atoms with Gasteiger partial charge in [0.25, 0.3) is 0 Å². The Hall–Kier alpha value is -1.35. The van der Waals surface area contributed by atoms with Gasteiger partial charge in [-0.2, -0.15) is 0 Å². The van der Waals surface area contributed by atoms with Crippen LogP contribution in [0.1, 0.15) is 44.5 Å². The Balaban J connectivity index is 2.60. The highest BCUT2D eigenvalue weighted by molar-refractivity contribution is 5.85. The summed E-state index contributed by atoms with van der Waals surface area (Å²) in [6.45, 7) is 7.31. The maximum absolute atomic E-state index is 13.4. The van der Waals surface area contributed by atoms with E-state index in [4.69, 9.17) is 0 Å². The summed E-state index contributed by atoms with van der Waals surface area (Å²) in [6.07, 6.45) is 1.94. The Morgan fingerprint density at radius 2 is 2.06 bits per heavy atom. The van der Waals surface area contributed by atoms with Crippen molar-refractivity contribution >= 4 is 10.9 Å². The fourth-order valence-corrected chi connectivity index (χ4v) is 2.61. The number of benzene rings is 1. The molecule has 2 aromatic rings. The average molecular weight is 248 g/mol. The van der Waals surface area contributed by atoms with Crippen molar-refractivity contribution in [1.82, 2.24) is 10.3 Å². The normalized spacial score (nSPS) is 13.1. The molecule has 0 saturated carbocycles. The maximum Gasteiger partial charge on any atom is 0.123 e. The van der Waals surface area contributed by atoms with Crippen LogP contribution in [0.3, 0.4) is 0 Å². The van der Waals surface area contributed by atoms with Crippen LogP contribution in [0.2, 0.25) is 0 Å². The molecule has 98 valence electrons. The summed E-state index contributed by atoms with van der Waals surface area (Å²) in [6, 6.07) is 5.27. The number of aromatic nitrogens is 1. The molecule has 3 heteroatoms. The molecule has 0 saturated heterocycles. The Morgan fingerprint density at radius 1 is 1.28 bits per heavy atom. The summed E-state index contributed by atoms with van der Waals surface area (Å²) in [7, 11) is 0. The second-order valence-electron chi connectivity index (χ2n) is 4.58. The molecule has 1 unspecified atom stereocenters. The summed E-state index contributed by atoms with van der Waals surface area (Å²) in [5.41, 5.74) is 3.47. The van der Waals surface area contributed by atoms with E-state index in [0.717, 1.165) is 30.3 Å². The second-order valence-corrected chi connectivity index (χ2v) is 4.58. The highest BCUT2D eigenvalue weighted by Crippen LogP contribution is 2.30. The summed E-state index contributed by atoms with van der Waals surface area (Å²) in [4.78, 5) is 3.41. The molecule has 0 radical (unpaired) electrons. The van der Waals surface area contributed by atoms with Crippen LogP contribution in [0, 0.1) is 5.82 Å². The first kappa shape index (κ1) is 13.1. The van der Waals surface area contributed by atoms with E-state index in [1.165, 1.54) is 17.3 Å². The smallest absolute Gasteiger partial charge is 0.123 e. The van der Waals surface area contributed by atoms with Crippen molar-refractivity contribution in [2.75, 3.05) is 6.54 Å². The summed E-state index contributed by atoms with van der Waals surface area (Å²) < 4.78 is 13.4. The maximum atomic E-state index is 13.4. The first-order valence-electron chi connectivity index (χ1n) is 6.74. The molecule has 1 atom stereocenters. The Kier molecular flexibility index (Phi) is 4.02. The zero-order valence-corrected chi connectivity index (χ0v) is 11.3. The lowest BCUT2D eigenvalue weighted by Gasteiger charge is -2.17. The van der Waals surface area contributed by atoms with Crippen molar-refractivity contribution in [3.05, 3.63) is 35.3 Å². The van der Waals surface area contributed by atoms with Gasteiger partial charge in [-0.05, 0) is 43.1 Å². The first-order chi connectivity index (χ1) is 8.71. The molecule has 0 amide bonds. The summed E-state index contributed by atoms with van der Waals surface area (Å²) >= 11 is 0. The molecule has 0 aliphatic rings. The quantitative estimate of drug-likeness (QED) is 0.824. The predicted octanol–water partition coefficient (Wildman–Crippen LogP) is 3.93. The molecule has 0 bridgehead atoms. The topological polar surface area (TPSA) is 27.8 Å². The van der Waals surface area contributed by atoms with E-state index in [2.05, 4.69) is 31.1 Å². The zero-order valence-electron chi connectivity index (χ0n) is 11.3. The lowest BCUT2D eigenvalue weighted by Crippen LogP contribution is -2.20. The third kappa shape index (κ3) is 2.27. The summed E-state index contributed by atoms with van der Waals surface area (Å²) in [5, 5.41) is 4.49. The molecule has 0 aliphatic carbocycles. The largest absolute Gasteiger partial charge is 0.358 e. The number of aryl methyl sites for hydroxylation is 1. The van der Waals surface area contributed by atoms with E-state index in [9.17, 15) is 4.39 Å². The van der Waals surface area contributed by atoms with Crippen LogP contribution in [0.25, 0.3) is 10.9 Å². The van der Waals surface area contributed by atoms with E-state index in [-0.39, 0.29) is 5.82 Å². The van der Waals surface area contributed by atoms with Crippen LogP contribution in [0.5, 0.6) is 0 Å². The number of hydrogen-bond acceptors (Lipinski definition) is 1. The molecule has 1 heterocycles. The number of fused-ring (bicyclic) bond motifs is 1. The molecule has 0 aliphatic heterocycles. The second kappa shape index (κ2) is 5.53. The lowest BCUT2D eigenvalue weighted by atomic mass is 9.99. The zero-order chi connectivity index (χ0) is 13.1. The molecule has 1 aromatic carbocycles. The number of aromatic amines is 1. The van der Waals surface area contributed by atoms with Crippen molar-refractivity contribution in [2.45, 2.75) is 39.7 Å². The van der Waals surface area contributed by atoms with Gasteiger partial charge in [0, 0.05) is 22.6 Å². The third-order valence-electron chi connectivity index (χ3n) is 3.44. The number of hydrogen-bond donors (Lipinski definition) is 2. The van der Waals surface area contributed by atoms with Crippen LogP contribution in [-0.2, 0) is 6.42 Å². The summed E-state index contributed by atoms with van der Waals surface area (Å²) in [5.74, 6) is -0.170. The molecular formula is C15H21FN2. The number of H-pyrrole nitrogens is 1. The first-order valence-corrected chi connectivity index (χ1v) is 6.74. The van der Waals surface area contributed by atoms with Gasteiger partial charge in [0.15, 0.2) is 0 Å². The highest BCUT2D eigenvalue weighted by Gasteiger charge is 2.18. The fraction of sp³-hybridized carbons (Fsp3) is 0.467. The van der Waals surface area contributed by atoms with Crippen LogP contribution in [0.4, 0.5) is 4.39 Å². The molecular weight excluding hydrogens is 227 g/mol. The third-order valence-corrected chi connectivity index (χ3v) is 3.44. The SMILES string of the molecule is CCNC(CC)c1c(CC)[nH]c2ccc(F)cc12. The molecule has 0 fully saturated rings. The molecule has 18 heavy (non-hydrogen) atoms. The van der Waals surface area contributed by atoms with Gasteiger partial charge in [-0.1, -0.05) is 20.8 Å². The van der Waals surface area contributed by atoms with Gasteiger partial charge in [-0.15, -0.1) is 0 Å². The van der Waals surface area contributed by atoms with Crippen LogP contribution >= 0.6 is 0 Å². The lowest BCUT2D eigenvalue weighted by molar-refractivity contribution is 0.536. The number of rotatable bonds is 5. The van der Waals surface area contributed by atoms with E-state index >= 15 is 0 Å². The standard InChI is InChI=1S/C15H21FN2/c1-4-12(17-6-3)15-11-9-10(16)7-8-14(11)18-13(15)5-2/h7-9,12,17-18H,4-6H2,1-3H3. The van der Waals surface area contributed by atoms with E-state index in [0.29, 0.717) is 6.04 Å². The van der Waals surface area contributed by atoms with Crippen LogP contribution in [-0.4, -0.2) is 11.5 Å². The minimum atomic E-state index is -0.170. The van der Waals surface area contributed by atoms with Crippen molar-refractivity contribution in [3.8, 4) is 0 Å². The fourth-order valence-electron chi connectivity index (χ4n) is 2.61. The average Bonchev–Trinajstić information content (AvgIpc) is 2.73. The van der Waals surface area contributed by atoms with Crippen molar-refractivity contribution in [1.29, 1.82) is 0 Å². The van der Waals surface area contributed by atoms with Gasteiger partial charge >= 0.3 is 0 Å². The van der Waals surface area contributed by atoms with Crippen molar-refractivity contribution in [2.24, 2.45) is 0 Å². The Labute approximate surface area is 108 Å². The van der Waals surface area contributed by atoms with Crippen LogP contribution in [0.15, 0.2) is 18.2 Å². The molecule has 2 N–H and O–H groups in total. The molecule has 0 spiro atoms. The van der Waals surface area contributed by atoms with Gasteiger partial charge in [0.1, 0.15) is 5.82 Å². The monoisotopic (exact) mass is 248 g/mol. The van der Waals surface area contributed by atoms with Crippen molar-refractivity contribution < 1.29 is 4.39 Å². The molecule has 2 nitrogen and oxygen atoms in total. The Bertz CT molecular complexity index is 531. The Morgan fingerprint density at radius 3 is 2.67 bits per heavy atom. The van der Waals surface area contributed by atoms with Gasteiger partial charge in [0.05, 0.1) is 0 Å². The number of nitrogens with one attached hydrogen (secondary N) is 2. The minimum Gasteiger partial charge on any atom is -0.358 e. The number of halogens is 1. The minimum absolute atomic E-state index is 0.170. The van der Waals surface area contributed by atoms with E-state index < -0.39 is 0 Å². The van der Waals surface area contributed by atoms with Gasteiger partial charge < -0.3 is 10.3 Å². The van der Waals surface area contributed by atoms with E-state index in [1.54, 1.807) is 6.07 Å². The van der Waals surface area contributed by atoms with Crippen LogP contribution < -0.4 is 5.32 Å². The predicted molar refractivity (Wildman–Crippen MR) is 74.3 cm³/mol. The van der Waals surface area contributed by atoms with Crippen molar-refractivity contribution in [3.63, 3.8) is 0 Å². The highest BCUT2D eigenvalue weighted by atomic mass is 19.1.